The van der Waals surface area contributed by atoms with Crippen molar-refractivity contribution >= 4 is 16.0 Å². The van der Waals surface area contributed by atoms with E-state index in [1.807, 2.05) is 0 Å². The van der Waals surface area contributed by atoms with E-state index in [9.17, 15) is 22.0 Å². The summed E-state index contributed by atoms with van der Waals surface area (Å²) in [4.78, 5) is 10.4. The van der Waals surface area contributed by atoms with E-state index in [1.54, 1.807) is 6.92 Å². The number of carboxylic acid groups (broad SMARTS) is 1. The summed E-state index contributed by atoms with van der Waals surface area (Å²) in [5.74, 6) is -3.39. The number of rotatable bonds is 8. The van der Waals surface area contributed by atoms with Gasteiger partial charge in [-0.2, -0.15) is 4.31 Å². The van der Waals surface area contributed by atoms with Crippen LogP contribution in [0.1, 0.15) is 25.3 Å². The second-order valence-electron chi connectivity index (χ2n) is 4.49. The Morgan fingerprint density at radius 3 is 2.48 bits per heavy atom. The van der Waals surface area contributed by atoms with Crippen LogP contribution in [0.25, 0.3) is 0 Å². The molecule has 0 fully saturated rings. The maximum Gasteiger partial charge on any atom is 0.303 e. The van der Waals surface area contributed by atoms with Gasteiger partial charge in [-0.25, -0.2) is 17.2 Å². The van der Waals surface area contributed by atoms with Crippen LogP contribution < -0.4 is 0 Å². The van der Waals surface area contributed by atoms with Crippen LogP contribution in [0.4, 0.5) is 8.78 Å². The first-order valence-corrected chi connectivity index (χ1v) is 8.00. The Bertz CT molecular complexity index is 604. The molecule has 0 spiro atoms. The Hall–Kier alpha value is -1.54. The summed E-state index contributed by atoms with van der Waals surface area (Å²) in [6.07, 6.45) is -0.228. The van der Waals surface area contributed by atoms with Gasteiger partial charge in [-0.1, -0.05) is 13.0 Å². The molecule has 1 N–H and O–H groups in total. The van der Waals surface area contributed by atoms with Gasteiger partial charge in [0.25, 0.3) is 0 Å². The second-order valence-corrected chi connectivity index (χ2v) is 6.58. The molecule has 0 unspecified atom stereocenters. The third-order valence-electron chi connectivity index (χ3n) is 2.88. The molecular weight excluding hydrogens is 304 g/mol. The van der Waals surface area contributed by atoms with Crippen molar-refractivity contribution in [1.29, 1.82) is 0 Å². The average Bonchev–Trinajstić information content (AvgIpc) is 2.39. The third kappa shape index (κ3) is 5.39. The second kappa shape index (κ2) is 7.46. The zero-order valence-electron chi connectivity index (χ0n) is 11.6. The predicted molar refractivity (Wildman–Crippen MR) is 73.1 cm³/mol. The van der Waals surface area contributed by atoms with Crippen LogP contribution in [0, 0.1) is 11.6 Å². The summed E-state index contributed by atoms with van der Waals surface area (Å²) in [7, 11) is -3.64. The van der Waals surface area contributed by atoms with E-state index in [2.05, 4.69) is 0 Å². The van der Waals surface area contributed by atoms with Crippen LogP contribution >= 0.6 is 0 Å². The van der Waals surface area contributed by atoms with Crippen molar-refractivity contribution in [2.24, 2.45) is 0 Å². The van der Waals surface area contributed by atoms with Crippen molar-refractivity contribution < 1.29 is 27.1 Å². The summed E-state index contributed by atoms with van der Waals surface area (Å²) in [6, 6.07) is 3.20. The summed E-state index contributed by atoms with van der Waals surface area (Å²) in [6.45, 7) is 1.70. The van der Waals surface area contributed by atoms with Crippen molar-refractivity contribution in [2.75, 3.05) is 12.3 Å². The summed E-state index contributed by atoms with van der Waals surface area (Å²) in [5, 5.41) is 8.51. The SMILES string of the molecule is CCN(Cc1ccc(F)c(F)c1)S(=O)(=O)CCCC(=O)O. The van der Waals surface area contributed by atoms with E-state index in [-0.39, 0.29) is 31.7 Å². The highest BCUT2D eigenvalue weighted by Crippen LogP contribution is 2.14. The molecule has 1 rings (SSSR count). The lowest BCUT2D eigenvalue weighted by atomic mass is 10.2. The maximum atomic E-state index is 13.1. The minimum atomic E-state index is -3.64. The monoisotopic (exact) mass is 321 g/mol. The van der Waals surface area contributed by atoms with E-state index in [0.717, 1.165) is 16.4 Å². The quantitative estimate of drug-likeness (QED) is 0.794. The summed E-state index contributed by atoms with van der Waals surface area (Å²) in [5.41, 5.74) is 0.331. The molecular formula is C13H17F2NO4S. The molecule has 0 radical (unpaired) electrons. The Morgan fingerprint density at radius 2 is 1.95 bits per heavy atom. The first-order chi connectivity index (χ1) is 9.76. The number of hydrogen-bond donors (Lipinski definition) is 1. The fourth-order valence-corrected chi connectivity index (χ4v) is 3.29. The van der Waals surface area contributed by atoms with Gasteiger partial charge in [0.05, 0.1) is 5.75 Å². The predicted octanol–water partition coefficient (Wildman–Crippen LogP) is 1.98. The molecule has 0 heterocycles. The van der Waals surface area contributed by atoms with Gasteiger partial charge in [0.1, 0.15) is 0 Å². The number of aliphatic carboxylic acids is 1. The lowest BCUT2D eigenvalue weighted by Crippen LogP contribution is -2.32. The number of carboxylic acids is 1. The van der Waals surface area contributed by atoms with Crippen molar-refractivity contribution in [1.82, 2.24) is 4.31 Å². The fraction of sp³-hybridized carbons (Fsp3) is 0.462. The third-order valence-corrected chi connectivity index (χ3v) is 4.86. The highest BCUT2D eigenvalue weighted by Gasteiger charge is 2.21. The zero-order chi connectivity index (χ0) is 16.0. The van der Waals surface area contributed by atoms with Gasteiger partial charge >= 0.3 is 5.97 Å². The van der Waals surface area contributed by atoms with Crippen LogP contribution in [-0.4, -0.2) is 36.1 Å². The number of benzene rings is 1. The van der Waals surface area contributed by atoms with Gasteiger partial charge in [0, 0.05) is 19.5 Å². The van der Waals surface area contributed by atoms with Crippen LogP contribution in [0.5, 0.6) is 0 Å². The van der Waals surface area contributed by atoms with Crippen LogP contribution in [-0.2, 0) is 21.4 Å². The highest BCUT2D eigenvalue weighted by atomic mass is 32.2. The van der Waals surface area contributed by atoms with Crippen LogP contribution in [0.3, 0.4) is 0 Å². The Labute approximate surface area is 122 Å². The van der Waals surface area contributed by atoms with Gasteiger partial charge < -0.3 is 5.11 Å². The standard InChI is InChI=1S/C13H17F2NO4S/c1-2-16(21(19,20)7-3-4-13(17)18)9-10-5-6-11(14)12(15)8-10/h5-6,8H,2-4,7,9H2,1H3,(H,17,18). The lowest BCUT2D eigenvalue weighted by Gasteiger charge is -2.20. The molecule has 0 saturated carbocycles. The van der Waals surface area contributed by atoms with Crippen LogP contribution in [0.2, 0.25) is 0 Å². The molecule has 0 bridgehead atoms. The molecule has 1 aromatic rings. The number of halogens is 2. The maximum absolute atomic E-state index is 13.1. The molecule has 1 aromatic carbocycles. The number of nitrogens with zero attached hydrogens (tertiary/aromatic N) is 1. The zero-order valence-corrected chi connectivity index (χ0v) is 12.4. The minimum Gasteiger partial charge on any atom is -0.481 e. The van der Waals surface area contributed by atoms with Crippen molar-refractivity contribution in [3.05, 3.63) is 35.4 Å². The Balaban J connectivity index is 2.76. The number of sulfonamides is 1. The molecule has 0 saturated heterocycles. The fourth-order valence-electron chi connectivity index (χ4n) is 1.78. The average molecular weight is 321 g/mol. The van der Waals surface area contributed by atoms with Gasteiger partial charge in [-0.05, 0) is 24.1 Å². The van der Waals surface area contributed by atoms with Crippen molar-refractivity contribution in [3.8, 4) is 0 Å². The minimum absolute atomic E-state index is 0.00590. The first-order valence-electron chi connectivity index (χ1n) is 6.39. The normalized spacial score (nSPS) is 11.8. The van der Waals surface area contributed by atoms with Gasteiger partial charge in [-0.15, -0.1) is 0 Å². The van der Waals surface area contributed by atoms with E-state index in [4.69, 9.17) is 5.11 Å². The van der Waals surface area contributed by atoms with Gasteiger partial charge in [0.15, 0.2) is 11.6 Å². The molecule has 21 heavy (non-hydrogen) atoms. The number of carbonyl (C=O) groups is 1. The lowest BCUT2D eigenvalue weighted by molar-refractivity contribution is -0.137. The molecule has 0 aliphatic carbocycles. The van der Waals surface area contributed by atoms with Gasteiger partial charge in [0.2, 0.25) is 10.0 Å². The molecule has 0 aromatic heterocycles. The summed E-state index contributed by atoms with van der Waals surface area (Å²) < 4.78 is 51.2. The molecule has 5 nitrogen and oxygen atoms in total. The van der Waals surface area contributed by atoms with E-state index >= 15 is 0 Å². The van der Waals surface area contributed by atoms with Crippen LogP contribution in [0.15, 0.2) is 18.2 Å². The smallest absolute Gasteiger partial charge is 0.303 e. The molecule has 0 atom stereocenters. The summed E-state index contributed by atoms with van der Waals surface area (Å²) >= 11 is 0. The van der Waals surface area contributed by atoms with E-state index in [1.165, 1.54) is 6.07 Å². The van der Waals surface area contributed by atoms with E-state index in [0.29, 0.717) is 5.56 Å². The molecule has 0 aliphatic heterocycles. The van der Waals surface area contributed by atoms with Crippen molar-refractivity contribution in [2.45, 2.75) is 26.3 Å². The number of hydrogen-bond acceptors (Lipinski definition) is 3. The highest BCUT2D eigenvalue weighted by molar-refractivity contribution is 7.89. The molecule has 8 heteroatoms. The Kier molecular flexibility index (Phi) is 6.22. The molecule has 118 valence electrons. The van der Waals surface area contributed by atoms with Gasteiger partial charge in [-0.3, -0.25) is 4.79 Å². The topological polar surface area (TPSA) is 74.7 Å². The first kappa shape index (κ1) is 17.5. The molecule has 0 amide bonds. The molecule has 0 aliphatic rings. The Morgan fingerprint density at radius 1 is 1.29 bits per heavy atom. The van der Waals surface area contributed by atoms with Crippen molar-refractivity contribution in [3.63, 3.8) is 0 Å². The largest absolute Gasteiger partial charge is 0.481 e. The van der Waals surface area contributed by atoms with E-state index < -0.39 is 27.6 Å².